The molecule has 1 aromatic heterocycles. The van der Waals surface area contributed by atoms with Crippen molar-refractivity contribution >= 4 is 5.97 Å². The zero-order valence-electron chi connectivity index (χ0n) is 9.43. The molecule has 0 aliphatic carbocycles. The van der Waals surface area contributed by atoms with Crippen molar-refractivity contribution in [3.63, 3.8) is 0 Å². The first-order chi connectivity index (χ1) is 7.36. The Kier molecular flexibility index (Phi) is 3.44. The highest BCUT2D eigenvalue weighted by molar-refractivity contribution is 5.78. The van der Waals surface area contributed by atoms with Gasteiger partial charge in [-0.1, -0.05) is 0 Å². The van der Waals surface area contributed by atoms with Crippen molar-refractivity contribution in [2.75, 3.05) is 7.11 Å². The monoisotopic (exact) mass is 226 g/mol. The molecule has 1 rings (SSSR count). The lowest BCUT2D eigenvalue weighted by atomic mass is 10.1. The SMILES string of the molecule is COC(=O)C(C)(O)Cn1cc(C)cnc1=O. The van der Waals surface area contributed by atoms with Crippen LogP contribution >= 0.6 is 0 Å². The first kappa shape index (κ1) is 12.4. The number of methoxy groups -OCH3 is 1. The van der Waals surface area contributed by atoms with E-state index < -0.39 is 17.3 Å². The average molecular weight is 226 g/mol. The Morgan fingerprint density at radius 2 is 2.31 bits per heavy atom. The second kappa shape index (κ2) is 4.44. The third kappa shape index (κ3) is 2.66. The summed E-state index contributed by atoms with van der Waals surface area (Å²) in [7, 11) is 1.17. The van der Waals surface area contributed by atoms with Crippen LogP contribution in [0.25, 0.3) is 0 Å². The molecule has 1 N–H and O–H groups in total. The van der Waals surface area contributed by atoms with Crippen LogP contribution in [0.4, 0.5) is 0 Å². The Balaban J connectivity index is 3.00. The van der Waals surface area contributed by atoms with E-state index in [0.29, 0.717) is 0 Å². The van der Waals surface area contributed by atoms with Gasteiger partial charge in [0.05, 0.1) is 13.7 Å². The molecule has 0 amide bonds. The summed E-state index contributed by atoms with van der Waals surface area (Å²) in [6.07, 6.45) is 2.94. The van der Waals surface area contributed by atoms with Gasteiger partial charge >= 0.3 is 11.7 Å². The van der Waals surface area contributed by atoms with Crippen LogP contribution in [0, 0.1) is 6.92 Å². The smallest absolute Gasteiger partial charge is 0.347 e. The molecule has 0 fully saturated rings. The van der Waals surface area contributed by atoms with Gasteiger partial charge in [-0.15, -0.1) is 0 Å². The molecule has 1 heterocycles. The van der Waals surface area contributed by atoms with Gasteiger partial charge in [-0.25, -0.2) is 14.6 Å². The predicted molar refractivity (Wildman–Crippen MR) is 55.9 cm³/mol. The summed E-state index contributed by atoms with van der Waals surface area (Å²) in [4.78, 5) is 26.2. The van der Waals surface area contributed by atoms with Crippen molar-refractivity contribution in [3.8, 4) is 0 Å². The summed E-state index contributed by atoms with van der Waals surface area (Å²) >= 11 is 0. The van der Waals surface area contributed by atoms with Gasteiger partial charge in [0.25, 0.3) is 0 Å². The molecule has 1 aromatic rings. The van der Waals surface area contributed by atoms with E-state index >= 15 is 0 Å². The van der Waals surface area contributed by atoms with Gasteiger partial charge in [-0.3, -0.25) is 4.57 Å². The topological polar surface area (TPSA) is 81.4 Å². The molecule has 16 heavy (non-hydrogen) atoms. The highest BCUT2D eigenvalue weighted by atomic mass is 16.5. The molecule has 0 aromatic carbocycles. The lowest BCUT2D eigenvalue weighted by Gasteiger charge is -2.20. The number of esters is 1. The third-order valence-corrected chi connectivity index (χ3v) is 2.09. The minimum Gasteiger partial charge on any atom is -0.467 e. The summed E-state index contributed by atoms with van der Waals surface area (Å²) in [5.41, 5.74) is -1.50. The van der Waals surface area contributed by atoms with E-state index in [9.17, 15) is 14.7 Å². The molecule has 0 aliphatic heterocycles. The molecule has 0 aliphatic rings. The molecule has 6 heteroatoms. The summed E-state index contributed by atoms with van der Waals surface area (Å²) < 4.78 is 5.61. The van der Waals surface area contributed by atoms with Crippen LogP contribution in [0.2, 0.25) is 0 Å². The number of hydrogen-bond donors (Lipinski definition) is 1. The molecule has 1 unspecified atom stereocenters. The van der Waals surface area contributed by atoms with Gasteiger partial charge in [0.2, 0.25) is 0 Å². The number of hydrogen-bond acceptors (Lipinski definition) is 5. The summed E-state index contributed by atoms with van der Waals surface area (Å²) in [6.45, 7) is 2.86. The standard InChI is InChI=1S/C10H14N2O4/c1-7-4-11-9(14)12(5-7)6-10(2,15)8(13)16-3/h4-5,15H,6H2,1-3H3. The van der Waals surface area contributed by atoms with Crippen LogP contribution in [0.3, 0.4) is 0 Å². The van der Waals surface area contributed by atoms with Crippen LogP contribution in [0.1, 0.15) is 12.5 Å². The van der Waals surface area contributed by atoms with Gasteiger partial charge in [0.15, 0.2) is 5.60 Å². The number of carbonyl (C=O) groups excluding carboxylic acids is 1. The summed E-state index contributed by atoms with van der Waals surface area (Å²) in [5, 5.41) is 9.79. The average Bonchev–Trinajstić information content (AvgIpc) is 2.22. The molecular formula is C10H14N2O4. The van der Waals surface area contributed by atoms with Gasteiger partial charge in [0, 0.05) is 12.4 Å². The molecule has 0 spiro atoms. The van der Waals surface area contributed by atoms with E-state index in [1.807, 2.05) is 0 Å². The van der Waals surface area contributed by atoms with E-state index in [1.165, 1.54) is 31.0 Å². The summed E-state index contributed by atoms with van der Waals surface area (Å²) in [5.74, 6) is -0.791. The fraction of sp³-hybridized carbons (Fsp3) is 0.500. The molecule has 88 valence electrons. The number of carbonyl (C=O) groups is 1. The number of aryl methyl sites for hydroxylation is 1. The van der Waals surface area contributed by atoms with E-state index in [2.05, 4.69) is 9.72 Å². The molecule has 0 saturated carbocycles. The molecule has 0 saturated heterocycles. The Morgan fingerprint density at radius 1 is 1.69 bits per heavy atom. The summed E-state index contributed by atoms with van der Waals surface area (Å²) in [6, 6.07) is 0. The Hall–Kier alpha value is -1.69. The molecular weight excluding hydrogens is 212 g/mol. The normalized spacial score (nSPS) is 14.2. The largest absolute Gasteiger partial charge is 0.467 e. The van der Waals surface area contributed by atoms with E-state index in [1.54, 1.807) is 6.92 Å². The van der Waals surface area contributed by atoms with E-state index in [-0.39, 0.29) is 6.54 Å². The van der Waals surface area contributed by atoms with Gasteiger partial charge in [0.1, 0.15) is 0 Å². The van der Waals surface area contributed by atoms with Crippen molar-refractivity contribution in [2.45, 2.75) is 26.0 Å². The van der Waals surface area contributed by atoms with Crippen molar-refractivity contribution in [2.24, 2.45) is 0 Å². The zero-order valence-corrected chi connectivity index (χ0v) is 9.43. The molecule has 6 nitrogen and oxygen atoms in total. The second-order valence-corrected chi connectivity index (χ2v) is 3.81. The van der Waals surface area contributed by atoms with Crippen molar-refractivity contribution in [1.29, 1.82) is 0 Å². The lowest BCUT2D eigenvalue weighted by Crippen LogP contribution is -2.43. The third-order valence-electron chi connectivity index (χ3n) is 2.09. The highest BCUT2D eigenvalue weighted by Crippen LogP contribution is 2.08. The van der Waals surface area contributed by atoms with Gasteiger partial charge in [-0.05, 0) is 19.4 Å². The van der Waals surface area contributed by atoms with Crippen LogP contribution in [0.15, 0.2) is 17.2 Å². The number of ether oxygens (including phenoxy) is 1. The van der Waals surface area contributed by atoms with Crippen LogP contribution < -0.4 is 5.69 Å². The lowest BCUT2D eigenvalue weighted by molar-refractivity contribution is -0.161. The minimum atomic E-state index is -1.74. The van der Waals surface area contributed by atoms with Crippen LogP contribution in [0.5, 0.6) is 0 Å². The maximum Gasteiger partial charge on any atom is 0.347 e. The van der Waals surface area contributed by atoms with E-state index in [4.69, 9.17) is 0 Å². The molecule has 0 bridgehead atoms. The fourth-order valence-corrected chi connectivity index (χ4v) is 1.29. The Morgan fingerprint density at radius 3 is 2.88 bits per heavy atom. The van der Waals surface area contributed by atoms with Gasteiger partial charge < -0.3 is 9.84 Å². The quantitative estimate of drug-likeness (QED) is 0.701. The van der Waals surface area contributed by atoms with Crippen LogP contribution in [-0.4, -0.2) is 33.3 Å². The van der Waals surface area contributed by atoms with Crippen molar-refractivity contribution in [3.05, 3.63) is 28.4 Å². The predicted octanol–water partition coefficient (Wildman–Crippen LogP) is -0.524. The Bertz CT molecular complexity index is 450. The number of aliphatic hydroxyl groups is 1. The molecule has 1 atom stereocenters. The number of rotatable bonds is 3. The zero-order chi connectivity index (χ0) is 12.3. The highest BCUT2D eigenvalue weighted by Gasteiger charge is 2.32. The van der Waals surface area contributed by atoms with Crippen LogP contribution in [-0.2, 0) is 16.1 Å². The maximum atomic E-state index is 11.3. The molecule has 0 radical (unpaired) electrons. The number of nitrogens with zero attached hydrogens (tertiary/aromatic N) is 2. The van der Waals surface area contributed by atoms with Crippen molar-refractivity contribution in [1.82, 2.24) is 9.55 Å². The maximum absolute atomic E-state index is 11.3. The Labute approximate surface area is 92.5 Å². The first-order valence-electron chi connectivity index (χ1n) is 4.70. The van der Waals surface area contributed by atoms with E-state index in [0.717, 1.165) is 5.56 Å². The van der Waals surface area contributed by atoms with Crippen molar-refractivity contribution < 1.29 is 14.6 Å². The minimum absolute atomic E-state index is 0.187. The van der Waals surface area contributed by atoms with Gasteiger partial charge in [-0.2, -0.15) is 0 Å². The fourth-order valence-electron chi connectivity index (χ4n) is 1.29. The first-order valence-corrected chi connectivity index (χ1v) is 4.70. The number of aromatic nitrogens is 2. The second-order valence-electron chi connectivity index (χ2n) is 3.81.